The second-order valence-electron chi connectivity index (χ2n) is 7.88. The van der Waals surface area contributed by atoms with Crippen molar-refractivity contribution in [3.05, 3.63) is 28.2 Å². The fourth-order valence-electron chi connectivity index (χ4n) is 3.86. The number of nitrogen functional groups attached to an aromatic ring is 1. The minimum Gasteiger partial charge on any atom is -0.397 e. The van der Waals surface area contributed by atoms with Crippen LogP contribution in [0.2, 0.25) is 0 Å². The molecule has 1 fully saturated rings. The molecule has 0 saturated carbocycles. The maximum Gasteiger partial charge on any atom is 0.0749 e. The lowest BCUT2D eigenvalue weighted by molar-refractivity contribution is -0.0143. The first kappa shape index (κ1) is 18.7. The second kappa shape index (κ2) is 7.68. The maximum absolute atomic E-state index is 6.25. The van der Waals surface area contributed by atoms with E-state index in [2.05, 4.69) is 63.9 Å². The summed E-state index contributed by atoms with van der Waals surface area (Å²) in [6, 6.07) is 4.26. The van der Waals surface area contributed by atoms with Gasteiger partial charge in [0.1, 0.15) is 0 Å². The van der Waals surface area contributed by atoms with E-state index in [4.69, 9.17) is 10.5 Å². The van der Waals surface area contributed by atoms with Crippen LogP contribution < -0.4 is 10.6 Å². The van der Waals surface area contributed by atoms with Crippen molar-refractivity contribution in [1.82, 2.24) is 4.90 Å². The van der Waals surface area contributed by atoms with Gasteiger partial charge in [-0.3, -0.25) is 0 Å². The molecule has 3 rings (SSSR count). The second-order valence-corrected chi connectivity index (χ2v) is 8.74. The third kappa shape index (κ3) is 4.39. The molecule has 0 spiro atoms. The number of nitrogens with zero attached hydrogens (tertiary/aromatic N) is 2. The molecule has 0 aliphatic carbocycles. The minimum absolute atomic E-state index is 0.0612. The molecule has 0 aromatic heterocycles. The Hall–Kier alpha value is -1.04. The third-order valence-corrected chi connectivity index (χ3v) is 6.20. The van der Waals surface area contributed by atoms with E-state index < -0.39 is 0 Å². The number of likely N-dealkylation sites (tertiary alicyclic amines) is 1. The molecule has 4 nitrogen and oxygen atoms in total. The zero-order valence-corrected chi connectivity index (χ0v) is 17.2. The van der Waals surface area contributed by atoms with Crippen LogP contribution in [0, 0.1) is 5.92 Å². The van der Waals surface area contributed by atoms with E-state index in [0.29, 0.717) is 0 Å². The summed E-state index contributed by atoms with van der Waals surface area (Å²) in [5, 5.41) is 0. The lowest BCUT2D eigenvalue weighted by atomic mass is 9.94. The topological polar surface area (TPSA) is 41.7 Å². The van der Waals surface area contributed by atoms with Crippen molar-refractivity contribution in [3.8, 4) is 0 Å². The number of piperidine rings is 1. The number of methoxy groups -OCH3 is 1. The highest BCUT2D eigenvalue weighted by atomic mass is 79.9. The van der Waals surface area contributed by atoms with Crippen molar-refractivity contribution >= 4 is 33.4 Å². The van der Waals surface area contributed by atoms with Gasteiger partial charge in [0, 0.05) is 42.5 Å². The van der Waals surface area contributed by atoms with Crippen molar-refractivity contribution in [2.24, 2.45) is 5.92 Å². The fraction of sp³-hybridized carbons (Fsp3) is 0.600. The molecule has 1 saturated heterocycles. The van der Waals surface area contributed by atoms with Gasteiger partial charge in [0.15, 0.2) is 0 Å². The Labute approximate surface area is 160 Å². The standard InChI is InChI=1S/C20H30BrN3O/c1-20(2,25-3)14-23-11-8-15(9-12-23)13-24-10-4-5-16-18(24)7-6-17(21)19(16)22/h4-7,15H,8-14,22H2,1-3H3. The predicted octanol–water partition coefficient (Wildman–Crippen LogP) is 4.00. The van der Waals surface area contributed by atoms with Gasteiger partial charge in [-0.1, -0.05) is 12.2 Å². The highest BCUT2D eigenvalue weighted by Crippen LogP contribution is 2.36. The number of rotatable bonds is 5. The molecule has 2 aliphatic rings. The molecular formula is C20H30BrN3O. The normalized spacial score (nSPS) is 19.3. The number of hydrogen-bond acceptors (Lipinski definition) is 4. The van der Waals surface area contributed by atoms with Gasteiger partial charge in [0.05, 0.1) is 11.3 Å². The summed E-state index contributed by atoms with van der Waals surface area (Å²) >= 11 is 3.54. The molecule has 0 atom stereocenters. The summed E-state index contributed by atoms with van der Waals surface area (Å²) in [7, 11) is 1.80. The molecule has 0 unspecified atom stereocenters. The average molecular weight is 408 g/mol. The van der Waals surface area contributed by atoms with Crippen molar-refractivity contribution < 1.29 is 4.74 Å². The molecule has 2 N–H and O–H groups in total. The average Bonchev–Trinajstić information content (AvgIpc) is 2.60. The summed E-state index contributed by atoms with van der Waals surface area (Å²) in [5.74, 6) is 0.742. The van der Waals surface area contributed by atoms with Gasteiger partial charge in [-0.15, -0.1) is 0 Å². The number of halogens is 1. The minimum atomic E-state index is -0.0612. The zero-order valence-electron chi connectivity index (χ0n) is 15.6. The van der Waals surface area contributed by atoms with Crippen LogP contribution in [-0.2, 0) is 4.74 Å². The van der Waals surface area contributed by atoms with Gasteiger partial charge in [-0.2, -0.15) is 0 Å². The predicted molar refractivity (Wildman–Crippen MR) is 110 cm³/mol. The van der Waals surface area contributed by atoms with Gasteiger partial charge >= 0.3 is 0 Å². The number of anilines is 2. The van der Waals surface area contributed by atoms with Gasteiger partial charge in [0.2, 0.25) is 0 Å². The quantitative estimate of drug-likeness (QED) is 0.748. The lowest BCUT2D eigenvalue weighted by Crippen LogP contribution is -2.45. The van der Waals surface area contributed by atoms with E-state index in [9.17, 15) is 0 Å². The first-order chi connectivity index (χ1) is 11.9. The molecule has 2 aliphatic heterocycles. The summed E-state index contributed by atoms with van der Waals surface area (Å²) in [5.41, 5.74) is 9.45. The molecule has 1 aromatic carbocycles. The van der Waals surface area contributed by atoms with Crippen LogP contribution in [0.25, 0.3) is 6.08 Å². The Bertz CT molecular complexity index is 636. The van der Waals surface area contributed by atoms with Gasteiger partial charge in [-0.05, 0) is 73.8 Å². The number of ether oxygens (including phenoxy) is 1. The Morgan fingerprint density at radius 3 is 2.68 bits per heavy atom. The van der Waals surface area contributed by atoms with Gasteiger partial charge in [0.25, 0.3) is 0 Å². The Morgan fingerprint density at radius 2 is 2.00 bits per heavy atom. The molecular weight excluding hydrogens is 378 g/mol. The molecule has 0 amide bonds. The molecule has 5 heteroatoms. The summed E-state index contributed by atoms with van der Waals surface area (Å²) in [6.45, 7) is 9.76. The third-order valence-electron chi connectivity index (χ3n) is 5.50. The Morgan fingerprint density at radius 1 is 1.28 bits per heavy atom. The number of fused-ring (bicyclic) bond motifs is 1. The summed E-state index contributed by atoms with van der Waals surface area (Å²) in [4.78, 5) is 5.02. The molecule has 0 radical (unpaired) electrons. The fourth-order valence-corrected chi connectivity index (χ4v) is 4.21. The largest absolute Gasteiger partial charge is 0.397 e. The van der Waals surface area contributed by atoms with Crippen LogP contribution in [-0.4, -0.2) is 50.3 Å². The highest BCUT2D eigenvalue weighted by Gasteiger charge is 2.27. The molecule has 25 heavy (non-hydrogen) atoms. The smallest absolute Gasteiger partial charge is 0.0749 e. The van der Waals surface area contributed by atoms with Crippen LogP contribution in [0.3, 0.4) is 0 Å². The first-order valence-electron chi connectivity index (χ1n) is 9.16. The lowest BCUT2D eigenvalue weighted by Gasteiger charge is -2.39. The van der Waals surface area contributed by atoms with E-state index in [-0.39, 0.29) is 5.60 Å². The summed E-state index contributed by atoms with van der Waals surface area (Å²) < 4.78 is 6.55. The maximum atomic E-state index is 6.25. The van der Waals surface area contributed by atoms with Crippen LogP contribution >= 0.6 is 15.9 Å². The van der Waals surface area contributed by atoms with Gasteiger partial charge in [-0.25, -0.2) is 0 Å². The van der Waals surface area contributed by atoms with Crippen molar-refractivity contribution in [2.75, 3.05) is 50.5 Å². The SMILES string of the molecule is COC(C)(C)CN1CCC(CN2CC=Cc3c2ccc(Br)c3N)CC1. The van der Waals surface area contributed by atoms with Crippen LogP contribution in [0.1, 0.15) is 32.3 Å². The van der Waals surface area contributed by atoms with E-state index >= 15 is 0 Å². The highest BCUT2D eigenvalue weighted by molar-refractivity contribution is 9.10. The molecule has 0 bridgehead atoms. The van der Waals surface area contributed by atoms with Crippen LogP contribution in [0.5, 0.6) is 0 Å². The van der Waals surface area contributed by atoms with Crippen LogP contribution in [0.4, 0.5) is 11.4 Å². The first-order valence-corrected chi connectivity index (χ1v) is 9.96. The van der Waals surface area contributed by atoms with E-state index in [1.165, 1.54) is 18.5 Å². The van der Waals surface area contributed by atoms with E-state index in [1.54, 1.807) is 7.11 Å². The molecule has 1 aromatic rings. The molecule has 2 heterocycles. The molecule has 138 valence electrons. The monoisotopic (exact) mass is 407 g/mol. The summed E-state index contributed by atoms with van der Waals surface area (Å²) in [6.07, 6.45) is 6.88. The van der Waals surface area contributed by atoms with Crippen molar-refractivity contribution in [2.45, 2.75) is 32.3 Å². The van der Waals surface area contributed by atoms with Crippen LogP contribution in [0.15, 0.2) is 22.7 Å². The number of benzene rings is 1. The Kier molecular flexibility index (Phi) is 5.76. The Balaban J connectivity index is 1.59. The zero-order chi connectivity index (χ0) is 18.0. The number of nitrogens with two attached hydrogens (primary N) is 1. The van der Waals surface area contributed by atoms with Gasteiger partial charge < -0.3 is 20.3 Å². The number of hydrogen-bond donors (Lipinski definition) is 1. The van der Waals surface area contributed by atoms with Crippen molar-refractivity contribution in [3.63, 3.8) is 0 Å². The van der Waals surface area contributed by atoms with Crippen molar-refractivity contribution in [1.29, 1.82) is 0 Å². The van der Waals surface area contributed by atoms with E-state index in [1.807, 2.05) is 0 Å². The van der Waals surface area contributed by atoms with E-state index in [0.717, 1.165) is 54.4 Å².